The molecule has 1 aromatic rings. The number of nitrogens with zero attached hydrogens (tertiary/aromatic N) is 1. The third-order valence-corrected chi connectivity index (χ3v) is 3.46. The molecule has 0 saturated heterocycles. The predicted octanol–water partition coefficient (Wildman–Crippen LogP) is 1.37. The minimum atomic E-state index is -0.516. The van der Waals surface area contributed by atoms with E-state index in [-0.39, 0.29) is 5.91 Å². The van der Waals surface area contributed by atoms with Crippen LogP contribution in [0.1, 0.15) is 19.4 Å². The van der Waals surface area contributed by atoms with Gasteiger partial charge in [-0.05, 0) is 38.6 Å². The second kappa shape index (κ2) is 8.99. The number of hydrogen-bond acceptors (Lipinski definition) is 5. The summed E-state index contributed by atoms with van der Waals surface area (Å²) < 4.78 is 10.8. The summed E-state index contributed by atoms with van der Waals surface area (Å²) in [5.41, 5.74) is 0.979. The highest BCUT2D eigenvalue weighted by molar-refractivity contribution is 5.96. The Balaban J connectivity index is 2.74. The normalized spacial score (nSPS) is 11.7. The molecule has 2 N–H and O–H groups in total. The van der Waals surface area contributed by atoms with Crippen LogP contribution in [0, 0.1) is 0 Å². The van der Waals surface area contributed by atoms with E-state index in [2.05, 4.69) is 10.6 Å². The minimum absolute atomic E-state index is 0.357. The highest BCUT2D eigenvalue weighted by Gasteiger charge is 2.20. The largest absolute Gasteiger partial charge is 0.493 e. The molecule has 0 unspecified atom stereocenters. The number of rotatable bonds is 7. The third kappa shape index (κ3) is 5.45. The first-order valence-corrected chi connectivity index (χ1v) is 7.45. The Hall–Kier alpha value is -2.28. The molecule has 1 rings (SSSR count). The highest BCUT2D eigenvalue weighted by Crippen LogP contribution is 2.28. The van der Waals surface area contributed by atoms with E-state index in [1.807, 2.05) is 37.1 Å². The molecule has 7 nitrogen and oxygen atoms in total. The van der Waals surface area contributed by atoms with Crippen molar-refractivity contribution >= 4 is 11.9 Å². The molecule has 1 aromatic carbocycles. The van der Waals surface area contributed by atoms with Crippen LogP contribution < -0.4 is 20.1 Å². The number of methoxy groups -OCH3 is 1. The maximum atomic E-state index is 11.9. The first-order valence-electron chi connectivity index (χ1n) is 7.45. The average Bonchev–Trinajstić information content (AvgIpc) is 2.55. The Morgan fingerprint density at radius 3 is 2.57 bits per heavy atom. The minimum Gasteiger partial charge on any atom is -0.493 e. The van der Waals surface area contributed by atoms with Gasteiger partial charge in [-0.1, -0.05) is 6.07 Å². The fraction of sp³-hybridized carbons (Fsp3) is 0.500. The van der Waals surface area contributed by atoms with Crippen LogP contribution in [0.15, 0.2) is 18.2 Å². The van der Waals surface area contributed by atoms with E-state index in [0.717, 1.165) is 5.56 Å². The van der Waals surface area contributed by atoms with Crippen molar-refractivity contribution in [3.05, 3.63) is 23.8 Å². The van der Waals surface area contributed by atoms with Crippen LogP contribution in [-0.4, -0.2) is 50.7 Å². The van der Waals surface area contributed by atoms with Crippen LogP contribution in [-0.2, 0) is 11.3 Å². The summed E-state index contributed by atoms with van der Waals surface area (Å²) in [4.78, 5) is 25.0. The summed E-state index contributed by atoms with van der Waals surface area (Å²) in [7, 11) is 4.87. The lowest BCUT2D eigenvalue weighted by atomic mass is 10.1. The number of carbonyl (C=O) groups excluding carboxylic acids is 2. The Kier molecular flexibility index (Phi) is 7.34. The Bertz CT molecular complexity index is 548. The summed E-state index contributed by atoms with van der Waals surface area (Å²) in [6, 6.07) is 4.68. The van der Waals surface area contributed by atoms with Crippen molar-refractivity contribution in [2.45, 2.75) is 26.4 Å². The number of amides is 3. The first kappa shape index (κ1) is 18.8. The van der Waals surface area contributed by atoms with E-state index >= 15 is 0 Å². The van der Waals surface area contributed by atoms with Crippen molar-refractivity contribution in [2.75, 3.05) is 27.8 Å². The summed E-state index contributed by atoms with van der Waals surface area (Å²) in [5.74, 6) is 0.983. The molecule has 3 amide bonds. The zero-order valence-electron chi connectivity index (χ0n) is 14.3. The average molecular weight is 323 g/mol. The molecule has 0 bridgehead atoms. The van der Waals surface area contributed by atoms with Crippen molar-refractivity contribution < 1.29 is 19.1 Å². The van der Waals surface area contributed by atoms with Gasteiger partial charge in [0.05, 0.1) is 19.8 Å². The molecule has 0 aliphatic rings. The van der Waals surface area contributed by atoms with Gasteiger partial charge >= 0.3 is 6.03 Å². The highest BCUT2D eigenvalue weighted by atomic mass is 16.5. The monoisotopic (exact) mass is 323 g/mol. The van der Waals surface area contributed by atoms with Crippen molar-refractivity contribution in [3.63, 3.8) is 0 Å². The smallest absolute Gasteiger partial charge is 0.321 e. The van der Waals surface area contributed by atoms with Crippen LogP contribution in [0.2, 0.25) is 0 Å². The number of nitrogens with one attached hydrogen (secondary N) is 2. The third-order valence-electron chi connectivity index (χ3n) is 3.46. The second-order valence-corrected chi connectivity index (χ2v) is 5.08. The number of urea groups is 1. The van der Waals surface area contributed by atoms with Crippen LogP contribution >= 0.6 is 0 Å². The van der Waals surface area contributed by atoms with Gasteiger partial charge in [0, 0.05) is 13.6 Å². The molecule has 0 radical (unpaired) electrons. The van der Waals surface area contributed by atoms with Crippen molar-refractivity contribution in [2.24, 2.45) is 0 Å². The molecule has 128 valence electrons. The van der Waals surface area contributed by atoms with Crippen LogP contribution in [0.3, 0.4) is 0 Å². The van der Waals surface area contributed by atoms with Gasteiger partial charge in [0.15, 0.2) is 11.5 Å². The number of carbonyl (C=O) groups is 2. The molecule has 1 atom stereocenters. The van der Waals surface area contributed by atoms with Gasteiger partial charge in [-0.25, -0.2) is 4.79 Å². The second-order valence-electron chi connectivity index (χ2n) is 5.08. The van der Waals surface area contributed by atoms with Crippen LogP contribution in [0.25, 0.3) is 0 Å². The van der Waals surface area contributed by atoms with E-state index < -0.39 is 12.1 Å². The first-order chi connectivity index (χ1) is 10.9. The molecule has 0 saturated carbocycles. The number of likely N-dealkylation sites (N-methyl/N-ethyl adjacent to an activating group) is 1. The summed E-state index contributed by atoms with van der Waals surface area (Å²) in [5, 5.41) is 4.62. The van der Waals surface area contributed by atoms with Gasteiger partial charge < -0.3 is 14.8 Å². The lowest BCUT2D eigenvalue weighted by Crippen LogP contribution is -2.47. The van der Waals surface area contributed by atoms with Gasteiger partial charge in [-0.3, -0.25) is 15.0 Å². The molecule has 0 aromatic heterocycles. The van der Waals surface area contributed by atoms with E-state index in [9.17, 15) is 9.59 Å². The molecule has 7 heteroatoms. The molecule has 0 heterocycles. The molecular formula is C16H25N3O4. The SMILES string of the molecule is CCOc1ccc(CN(C)[C@H](C)C(=O)NC(=O)NC)cc1OC. The Labute approximate surface area is 136 Å². The number of hydrogen-bond donors (Lipinski definition) is 2. The summed E-state index contributed by atoms with van der Waals surface area (Å²) >= 11 is 0. The molecule has 0 fully saturated rings. The van der Waals surface area contributed by atoms with E-state index in [4.69, 9.17) is 9.47 Å². The zero-order chi connectivity index (χ0) is 17.4. The number of benzene rings is 1. The van der Waals surface area contributed by atoms with E-state index in [0.29, 0.717) is 24.7 Å². The predicted molar refractivity (Wildman–Crippen MR) is 87.7 cm³/mol. The molecule has 0 aliphatic heterocycles. The quantitative estimate of drug-likeness (QED) is 0.792. The Morgan fingerprint density at radius 1 is 1.30 bits per heavy atom. The van der Waals surface area contributed by atoms with Crippen molar-refractivity contribution in [3.8, 4) is 11.5 Å². The van der Waals surface area contributed by atoms with Crippen LogP contribution in [0.5, 0.6) is 11.5 Å². The summed E-state index contributed by atoms with van der Waals surface area (Å²) in [6.45, 7) is 4.75. The van der Waals surface area contributed by atoms with Crippen molar-refractivity contribution in [1.29, 1.82) is 0 Å². The summed E-state index contributed by atoms with van der Waals surface area (Å²) in [6.07, 6.45) is 0. The standard InChI is InChI=1S/C16H25N3O4/c1-6-23-13-8-7-12(9-14(13)22-5)10-19(4)11(2)15(20)18-16(21)17-3/h7-9,11H,6,10H2,1-5H3,(H2,17,18,20,21)/t11-/m1/s1. The van der Waals surface area contributed by atoms with Gasteiger partial charge in [0.25, 0.3) is 0 Å². The topological polar surface area (TPSA) is 79.9 Å². The van der Waals surface area contributed by atoms with E-state index in [1.54, 1.807) is 14.0 Å². The van der Waals surface area contributed by atoms with Gasteiger partial charge in [0.1, 0.15) is 0 Å². The fourth-order valence-corrected chi connectivity index (χ4v) is 1.99. The molecule has 23 heavy (non-hydrogen) atoms. The van der Waals surface area contributed by atoms with Crippen LogP contribution in [0.4, 0.5) is 4.79 Å². The zero-order valence-corrected chi connectivity index (χ0v) is 14.3. The number of ether oxygens (including phenoxy) is 2. The fourth-order valence-electron chi connectivity index (χ4n) is 1.99. The van der Waals surface area contributed by atoms with Gasteiger partial charge in [-0.2, -0.15) is 0 Å². The lowest BCUT2D eigenvalue weighted by molar-refractivity contribution is -0.124. The molecule has 0 spiro atoms. The maximum absolute atomic E-state index is 11.9. The van der Waals surface area contributed by atoms with Gasteiger partial charge in [0.2, 0.25) is 5.91 Å². The van der Waals surface area contributed by atoms with Crippen molar-refractivity contribution in [1.82, 2.24) is 15.5 Å². The Morgan fingerprint density at radius 2 is 2.00 bits per heavy atom. The van der Waals surface area contributed by atoms with Gasteiger partial charge in [-0.15, -0.1) is 0 Å². The maximum Gasteiger partial charge on any atom is 0.321 e. The molecular weight excluding hydrogens is 298 g/mol. The van der Waals surface area contributed by atoms with E-state index in [1.165, 1.54) is 7.05 Å². The molecule has 0 aliphatic carbocycles. The number of imide groups is 1. The lowest BCUT2D eigenvalue weighted by Gasteiger charge is -2.24.